The zero-order chi connectivity index (χ0) is 16.1. The van der Waals surface area contributed by atoms with Gasteiger partial charge in [-0.2, -0.15) is 10.2 Å². The molecule has 2 heterocycles. The van der Waals surface area contributed by atoms with E-state index in [1.807, 2.05) is 31.2 Å². The summed E-state index contributed by atoms with van der Waals surface area (Å²) in [5.41, 5.74) is 1.54. The van der Waals surface area contributed by atoms with Crippen LogP contribution in [-0.4, -0.2) is 18.1 Å². The molecule has 0 spiro atoms. The normalized spacial score (nSPS) is 15.0. The first kappa shape index (κ1) is 15.4. The van der Waals surface area contributed by atoms with Crippen molar-refractivity contribution in [3.05, 3.63) is 41.4 Å². The minimum atomic E-state index is 0.228. The Balaban J connectivity index is 1.70. The van der Waals surface area contributed by atoms with Crippen molar-refractivity contribution in [1.29, 1.82) is 5.26 Å². The highest BCUT2D eigenvalue weighted by molar-refractivity contribution is 5.48. The number of nitriles is 1. The van der Waals surface area contributed by atoms with Crippen LogP contribution in [0.4, 0.5) is 5.88 Å². The molecule has 5 heteroatoms. The van der Waals surface area contributed by atoms with Crippen LogP contribution in [-0.2, 0) is 6.61 Å². The van der Waals surface area contributed by atoms with Crippen LogP contribution in [0.1, 0.15) is 42.8 Å². The van der Waals surface area contributed by atoms with E-state index >= 15 is 0 Å². The van der Waals surface area contributed by atoms with Gasteiger partial charge in [0.05, 0.1) is 0 Å². The first-order valence-electron chi connectivity index (χ1n) is 8.10. The second kappa shape index (κ2) is 7.19. The maximum atomic E-state index is 9.31. The molecule has 120 valence electrons. The predicted octanol–water partition coefficient (Wildman–Crippen LogP) is 3.81. The number of aromatic nitrogens is 1. The van der Waals surface area contributed by atoms with Crippen molar-refractivity contribution in [3.8, 4) is 11.8 Å². The maximum absolute atomic E-state index is 9.31. The molecule has 5 nitrogen and oxygen atoms in total. The van der Waals surface area contributed by atoms with E-state index in [1.165, 1.54) is 18.4 Å². The lowest BCUT2D eigenvalue weighted by molar-refractivity contribution is 0.263. The number of rotatable bonds is 4. The number of hydrogen-bond donors (Lipinski definition) is 0. The molecule has 0 N–H and O–H groups in total. The van der Waals surface area contributed by atoms with Crippen LogP contribution in [0, 0.1) is 18.3 Å². The number of ether oxygens (including phenoxy) is 1. The van der Waals surface area contributed by atoms with Crippen LogP contribution in [0.3, 0.4) is 0 Å². The fourth-order valence-electron chi connectivity index (χ4n) is 2.76. The van der Waals surface area contributed by atoms with Gasteiger partial charge in [0.15, 0.2) is 6.61 Å². The first-order chi connectivity index (χ1) is 11.3. The molecule has 0 bridgehead atoms. The molecule has 0 radical (unpaired) electrons. The zero-order valence-electron chi connectivity index (χ0n) is 13.4. The molecule has 1 saturated heterocycles. The van der Waals surface area contributed by atoms with Crippen LogP contribution < -0.4 is 9.64 Å². The topological polar surface area (TPSA) is 62.3 Å². The molecule has 1 fully saturated rings. The number of oxazole rings is 1. The molecule has 0 amide bonds. The van der Waals surface area contributed by atoms with Crippen LogP contribution in [0.15, 0.2) is 28.7 Å². The Labute approximate surface area is 136 Å². The van der Waals surface area contributed by atoms with E-state index < -0.39 is 0 Å². The second-order valence-electron chi connectivity index (χ2n) is 5.88. The summed E-state index contributed by atoms with van der Waals surface area (Å²) < 4.78 is 11.5. The monoisotopic (exact) mass is 311 g/mol. The van der Waals surface area contributed by atoms with Crippen molar-refractivity contribution in [1.82, 2.24) is 4.98 Å². The standard InChI is InChI=1S/C18H21N3O2/c1-14-6-8-15(9-7-14)22-13-17-20-16(12-19)18(23-17)21-10-4-2-3-5-11-21/h6-9H,2-5,10-11,13H2,1H3. The number of aryl methyl sites for hydroxylation is 1. The highest BCUT2D eigenvalue weighted by Crippen LogP contribution is 2.25. The van der Waals surface area contributed by atoms with E-state index in [0.29, 0.717) is 17.5 Å². The molecule has 0 aliphatic carbocycles. The smallest absolute Gasteiger partial charge is 0.236 e. The molecule has 1 aliphatic rings. The van der Waals surface area contributed by atoms with Crippen LogP contribution in [0.25, 0.3) is 0 Å². The Morgan fingerprint density at radius 1 is 1.17 bits per heavy atom. The van der Waals surface area contributed by atoms with Gasteiger partial charge >= 0.3 is 0 Å². The van der Waals surface area contributed by atoms with Gasteiger partial charge in [-0.25, -0.2) is 0 Å². The second-order valence-corrected chi connectivity index (χ2v) is 5.88. The van der Waals surface area contributed by atoms with Crippen molar-refractivity contribution in [2.24, 2.45) is 0 Å². The van der Waals surface area contributed by atoms with Crippen LogP contribution in [0.5, 0.6) is 5.75 Å². The lowest BCUT2D eigenvalue weighted by atomic mass is 10.2. The van der Waals surface area contributed by atoms with Crippen molar-refractivity contribution in [3.63, 3.8) is 0 Å². The van der Waals surface area contributed by atoms with E-state index in [0.717, 1.165) is 31.7 Å². The number of benzene rings is 1. The summed E-state index contributed by atoms with van der Waals surface area (Å²) in [6.45, 7) is 4.10. The van der Waals surface area contributed by atoms with E-state index in [2.05, 4.69) is 16.0 Å². The van der Waals surface area contributed by atoms with Gasteiger partial charge in [-0.1, -0.05) is 30.5 Å². The third-order valence-corrected chi connectivity index (χ3v) is 4.04. The molecule has 0 saturated carbocycles. The van der Waals surface area contributed by atoms with Crippen molar-refractivity contribution < 1.29 is 9.15 Å². The van der Waals surface area contributed by atoms with Crippen LogP contribution >= 0.6 is 0 Å². The lowest BCUT2D eigenvalue weighted by Crippen LogP contribution is -2.24. The molecule has 3 rings (SSSR count). The van der Waals surface area contributed by atoms with Gasteiger partial charge in [0.1, 0.15) is 11.8 Å². The van der Waals surface area contributed by atoms with E-state index in [4.69, 9.17) is 9.15 Å². The number of anilines is 1. The summed E-state index contributed by atoms with van der Waals surface area (Å²) in [5.74, 6) is 1.81. The van der Waals surface area contributed by atoms with Crippen LogP contribution in [0.2, 0.25) is 0 Å². The average molecular weight is 311 g/mol. The molecule has 0 unspecified atom stereocenters. The number of nitrogens with zero attached hydrogens (tertiary/aromatic N) is 3. The Kier molecular flexibility index (Phi) is 4.82. The molecular weight excluding hydrogens is 290 g/mol. The summed E-state index contributed by atoms with van der Waals surface area (Å²) in [6.07, 6.45) is 4.72. The first-order valence-corrected chi connectivity index (χ1v) is 8.10. The summed E-state index contributed by atoms with van der Waals surface area (Å²) in [7, 11) is 0. The highest BCUT2D eigenvalue weighted by Gasteiger charge is 2.20. The van der Waals surface area contributed by atoms with Crippen molar-refractivity contribution in [2.75, 3.05) is 18.0 Å². The van der Waals surface area contributed by atoms with Gasteiger partial charge in [-0.05, 0) is 31.9 Å². The van der Waals surface area contributed by atoms with E-state index in [1.54, 1.807) is 0 Å². The van der Waals surface area contributed by atoms with Gasteiger partial charge in [0.2, 0.25) is 17.5 Å². The van der Waals surface area contributed by atoms with E-state index in [-0.39, 0.29) is 6.61 Å². The lowest BCUT2D eigenvalue weighted by Gasteiger charge is -2.18. The van der Waals surface area contributed by atoms with Gasteiger partial charge in [0.25, 0.3) is 0 Å². The molecular formula is C18H21N3O2. The molecule has 1 aliphatic heterocycles. The Hall–Kier alpha value is -2.48. The molecule has 23 heavy (non-hydrogen) atoms. The summed E-state index contributed by atoms with van der Waals surface area (Å²) >= 11 is 0. The third-order valence-electron chi connectivity index (χ3n) is 4.04. The van der Waals surface area contributed by atoms with Crippen molar-refractivity contribution >= 4 is 5.88 Å². The quantitative estimate of drug-likeness (QED) is 0.859. The Morgan fingerprint density at radius 2 is 1.87 bits per heavy atom. The highest BCUT2D eigenvalue weighted by atomic mass is 16.5. The molecule has 1 aromatic heterocycles. The fraction of sp³-hybridized carbons (Fsp3) is 0.444. The molecule has 2 aromatic rings. The largest absolute Gasteiger partial charge is 0.484 e. The summed E-state index contributed by atoms with van der Waals surface area (Å²) in [6, 6.07) is 9.96. The summed E-state index contributed by atoms with van der Waals surface area (Å²) in [4.78, 5) is 6.41. The van der Waals surface area contributed by atoms with Gasteiger partial charge in [-0.15, -0.1) is 0 Å². The average Bonchev–Trinajstić information content (AvgIpc) is 2.79. The van der Waals surface area contributed by atoms with E-state index in [9.17, 15) is 5.26 Å². The number of hydrogen-bond acceptors (Lipinski definition) is 5. The Bertz CT molecular complexity index is 677. The fourth-order valence-corrected chi connectivity index (χ4v) is 2.76. The predicted molar refractivity (Wildman–Crippen MR) is 87.4 cm³/mol. The molecule has 1 aromatic carbocycles. The molecule has 0 atom stereocenters. The minimum absolute atomic E-state index is 0.228. The maximum Gasteiger partial charge on any atom is 0.236 e. The van der Waals surface area contributed by atoms with Gasteiger partial charge < -0.3 is 14.1 Å². The van der Waals surface area contributed by atoms with Crippen molar-refractivity contribution in [2.45, 2.75) is 39.2 Å². The minimum Gasteiger partial charge on any atom is -0.484 e. The third kappa shape index (κ3) is 3.84. The SMILES string of the molecule is Cc1ccc(OCc2nc(C#N)c(N3CCCCCC3)o2)cc1. The Morgan fingerprint density at radius 3 is 2.52 bits per heavy atom. The van der Waals surface area contributed by atoms with Gasteiger partial charge in [0, 0.05) is 13.1 Å². The zero-order valence-corrected chi connectivity index (χ0v) is 13.4. The van der Waals surface area contributed by atoms with Gasteiger partial charge in [-0.3, -0.25) is 0 Å². The summed E-state index contributed by atoms with van der Waals surface area (Å²) in [5, 5.41) is 9.31.